The predicted octanol–water partition coefficient (Wildman–Crippen LogP) is 3.36. The quantitative estimate of drug-likeness (QED) is 0.828. The van der Waals surface area contributed by atoms with Crippen molar-refractivity contribution in [2.24, 2.45) is 0 Å². The first kappa shape index (κ1) is 12.7. The molecule has 1 aromatic heterocycles. The molecule has 0 saturated heterocycles. The summed E-state index contributed by atoms with van der Waals surface area (Å²) in [7, 11) is 0. The highest BCUT2D eigenvalue weighted by molar-refractivity contribution is 7.14. The largest absolute Gasteiger partial charge is 0.303 e. The minimum Gasteiger partial charge on any atom is -0.303 e. The maximum atomic E-state index is 11.9. The van der Waals surface area contributed by atoms with E-state index in [1.807, 2.05) is 27.7 Å². The highest BCUT2D eigenvalue weighted by Crippen LogP contribution is 2.21. The summed E-state index contributed by atoms with van der Waals surface area (Å²) in [6.07, 6.45) is 0. The van der Waals surface area contributed by atoms with Gasteiger partial charge in [-0.05, 0) is 33.8 Å². The smallest absolute Gasteiger partial charge is 0.180 e. The van der Waals surface area contributed by atoms with Crippen LogP contribution in [0.15, 0.2) is 11.4 Å². The molecule has 0 aliphatic carbocycles. The van der Waals surface area contributed by atoms with Gasteiger partial charge in [0.15, 0.2) is 5.78 Å². The van der Waals surface area contributed by atoms with Crippen LogP contribution in [-0.4, -0.2) is 17.4 Å². The van der Waals surface area contributed by atoms with E-state index >= 15 is 0 Å². The molecule has 0 aliphatic rings. The average Bonchev–Trinajstić information content (AvgIpc) is 2.47. The van der Waals surface area contributed by atoms with Gasteiger partial charge in [0.05, 0.1) is 10.4 Å². The topological polar surface area (TPSA) is 29.1 Å². The van der Waals surface area contributed by atoms with Crippen LogP contribution in [0.4, 0.5) is 0 Å². The summed E-state index contributed by atoms with van der Waals surface area (Å²) in [6.45, 7) is 7.99. The number of rotatable bonds is 3. The molecule has 0 spiro atoms. The van der Waals surface area contributed by atoms with E-state index < -0.39 is 0 Å². The zero-order chi connectivity index (χ0) is 11.6. The Hall–Kier alpha value is -0.380. The Balaban J connectivity index is 2.69. The maximum absolute atomic E-state index is 11.9. The van der Waals surface area contributed by atoms with Crippen molar-refractivity contribution in [1.82, 2.24) is 5.32 Å². The Morgan fingerprint density at radius 3 is 2.53 bits per heavy atom. The van der Waals surface area contributed by atoms with E-state index in [0.29, 0.717) is 9.90 Å². The van der Waals surface area contributed by atoms with Crippen LogP contribution >= 0.6 is 22.9 Å². The fourth-order valence-electron chi connectivity index (χ4n) is 1.40. The van der Waals surface area contributed by atoms with Crippen molar-refractivity contribution in [2.75, 3.05) is 0 Å². The molecule has 0 amide bonds. The first-order valence-corrected chi connectivity index (χ1v) is 6.11. The van der Waals surface area contributed by atoms with E-state index in [4.69, 9.17) is 11.6 Å². The Morgan fingerprint density at radius 1 is 1.53 bits per heavy atom. The van der Waals surface area contributed by atoms with Gasteiger partial charge in [-0.3, -0.25) is 4.79 Å². The zero-order valence-electron chi connectivity index (χ0n) is 9.43. The van der Waals surface area contributed by atoms with Crippen LogP contribution in [0.3, 0.4) is 0 Å². The first-order valence-electron chi connectivity index (χ1n) is 4.85. The molecule has 2 nitrogen and oxygen atoms in total. The summed E-state index contributed by atoms with van der Waals surface area (Å²) in [5, 5.41) is 5.04. The van der Waals surface area contributed by atoms with Crippen LogP contribution < -0.4 is 5.32 Å². The maximum Gasteiger partial charge on any atom is 0.180 e. The highest BCUT2D eigenvalue weighted by Gasteiger charge is 2.21. The number of Topliss-reactive ketones (excluding diaryl/α,β-unsaturated/α-hetero) is 1. The van der Waals surface area contributed by atoms with Crippen LogP contribution in [-0.2, 0) is 0 Å². The third-order valence-electron chi connectivity index (χ3n) is 1.89. The number of carbonyl (C=O) groups is 1. The minimum atomic E-state index is -0.185. The van der Waals surface area contributed by atoms with Gasteiger partial charge in [-0.25, -0.2) is 0 Å². The normalized spacial score (nSPS) is 13.9. The third kappa shape index (κ3) is 3.93. The molecular weight excluding hydrogens is 230 g/mol. The van der Waals surface area contributed by atoms with E-state index in [2.05, 4.69) is 5.32 Å². The second-order valence-corrected chi connectivity index (χ2v) is 6.16. The number of halogens is 1. The van der Waals surface area contributed by atoms with Crippen LogP contribution in [0, 0.1) is 0 Å². The lowest BCUT2D eigenvalue weighted by atomic mass is 10.0. The number of thiophene rings is 1. The lowest BCUT2D eigenvalue weighted by Crippen LogP contribution is -2.45. The van der Waals surface area contributed by atoms with Crippen LogP contribution in [0.2, 0.25) is 4.34 Å². The fraction of sp³-hybridized carbons (Fsp3) is 0.545. The molecule has 1 rings (SSSR count). The van der Waals surface area contributed by atoms with E-state index in [0.717, 1.165) is 0 Å². The fourth-order valence-corrected chi connectivity index (χ4v) is 2.27. The average molecular weight is 246 g/mol. The van der Waals surface area contributed by atoms with Gasteiger partial charge in [0.1, 0.15) is 0 Å². The Bertz CT molecular complexity index is 354. The number of ketones is 1. The molecule has 0 radical (unpaired) electrons. The third-order valence-corrected chi connectivity index (χ3v) is 2.99. The van der Waals surface area contributed by atoms with Crippen molar-refractivity contribution in [3.63, 3.8) is 0 Å². The molecule has 84 valence electrons. The van der Waals surface area contributed by atoms with Crippen molar-refractivity contribution < 1.29 is 4.79 Å². The molecule has 0 fully saturated rings. The van der Waals surface area contributed by atoms with Crippen LogP contribution in [0.5, 0.6) is 0 Å². The monoisotopic (exact) mass is 245 g/mol. The van der Waals surface area contributed by atoms with Gasteiger partial charge in [-0.1, -0.05) is 11.6 Å². The zero-order valence-corrected chi connectivity index (χ0v) is 11.0. The molecule has 1 atom stereocenters. The summed E-state index contributed by atoms with van der Waals surface area (Å²) < 4.78 is 0.654. The van der Waals surface area contributed by atoms with Crippen molar-refractivity contribution in [2.45, 2.75) is 39.3 Å². The van der Waals surface area contributed by atoms with Gasteiger partial charge in [-0.2, -0.15) is 0 Å². The molecule has 0 aromatic carbocycles. The molecule has 1 aromatic rings. The number of nitrogens with one attached hydrogen (secondary N) is 1. The summed E-state index contributed by atoms with van der Waals surface area (Å²) in [4.78, 5) is 11.9. The molecule has 1 heterocycles. The SMILES string of the molecule is CC(NC(C)(C)C)C(=O)c1csc(Cl)c1. The van der Waals surface area contributed by atoms with Crippen LogP contribution in [0.25, 0.3) is 0 Å². The highest BCUT2D eigenvalue weighted by atomic mass is 35.5. The van der Waals surface area contributed by atoms with Gasteiger partial charge in [0, 0.05) is 16.5 Å². The molecule has 1 unspecified atom stereocenters. The summed E-state index contributed by atoms with van der Waals surface area (Å²) in [5.41, 5.74) is 0.628. The molecule has 4 heteroatoms. The van der Waals surface area contributed by atoms with Crippen LogP contribution in [0.1, 0.15) is 38.1 Å². The molecule has 0 aliphatic heterocycles. The number of carbonyl (C=O) groups excluding carboxylic acids is 1. The van der Waals surface area contributed by atoms with Crippen molar-refractivity contribution in [1.29, 1.82) is 0 Å². The van der Waals surface area contributed by atoms with Gasteiger partial charge in [0.2, 0.25) is 0 Å². The summed E-state index contributed by atoms with van der Waals surface area (Å²) >= 11 is 7.17. The Kier molecular flexibility index (Phi) is 3.93. The molecule has 0 bridgehead atoms. The Morgan fingerprint density at radius 2 is 2.13 bits per heavy atom. The Labute approximate surface area is 99.6 Å². The van der Waals surface area contributed by atoms with Crippen molar-refractivity contribution >= 4 is 28.7 Å². The first-order chi connectivity index (χ1) is 6.79. The van der Waals surface area contributed by atoms with E-state index in [-0.39, 0.29) is 17.4 Å². The standard InChI is InChI=1S/C11H16ClNOS/c1-7(13-11(2,3)4)10(14)8-5-9(12)15-6-8/h5-7,13H,1-4H3. The minimum absolute atomic E-state index is 0.0606. The lowest BCUT2D eigenvalue weighted by molar-refractivity contribution is 0.0936. The molecule has 0 saturated carbocycles. The number of hydrogen-bond acceptors (Lipinski definition) is 3. The molecular formula is C11H16ClNOS. The number of hydrogen-bond donors (Lipinski definition) is 1. The molecule has 1 N–H and O–H groups in total. The second-order valence-electron chi connectivity index (χ2n) is 4.62. The lowest BCUT2D eigenvalue weighted by Gasteiger charge is -2.24. The second kappa shape index (κ2) is 4.64. The van der Waals surface area contributed by atoms with Gasteiger partial charge in [0.25, 0.3) is 0 Å². The summed E-state index contributed by atoms with van der Waals surface area (Å²) in [6, 6.07) is 1.53. The van der Waals surface area contributed by atoms with Crippen molar-refractivity contribution in [3.05, 3.63) is 21.3 Å². The van der Waals surface area contributed by atoms with Gasteiger partial charge < -0.3 is 5.32 Å². The van der Waals surface area contributed by atoms with E-state index in [1.54, 1.807) is 11.4 Å². The van der Waals surface area contributed by atoms with Gasteiger partial charge in [-0.15, -0.1) is 11.3 Å². The van der Waals surface area contributed by atoms with E-state index in [1.165, 1.54) is 11.3 Å². The van der Waals surface area contributed by atoms with Crippen molar-refractivity contribution in [3.8, 4) is 0 Å². The predicted molar refractivity (Wildman–Crippen MR) is 66.0 cm³/mol. The van der Waals surface area contributed by atoms with E-state index in [9.17, 15) is 4.79 Å². The summed E-state index contributed by atoms with van der Waals surface area (Å²) in [5.74, 6) is 0.0908. The van der Waals surface area contributed by atoms with Gasteiger partial charge >= 0.3 is 0 Å². The molecule has 15 heavy (non-hydrogen) atoms.